The van der Waals surface area contributed by atoms with Crippen LogP contribution in [0.15, 0.2) is 85.5 Å². The molecule has 1 unspecified atom stereocenters. The Hall–Kier alpha value is -4.06. The Kier molecular flexibility index (Phi) is 8.46. The van der Waals surface area contributed by atoms with Gasteiger partial charge in [0.2, 0.25) is 0 Å². The van der Waals surface area contributed by atoms with Crippen LogP contribution in [0.3, 0.4) is 0 Å². The minimum absolute atomic E-state index is 0.123. The molecule has 0 aliphatic rings. The number of hydrogen-bond donors (Lipinski definition) is 1. The van der Waals surface area contributed by atoms with Crippen molar-refractivity contribution < 1.29 is 19.1 Å². The van der Waals surface area contributed by atoms with Gasteiger partial charge in [-0.25, -0.2) is 0 Å². The Labute approximate surface area is 200 Å². The van der Waals surface area contributed by atoms with Crippen molar-refractivity contribution in [3.05, 3.63) is 102 Å². The minimum Gasteiger partial charge on any atom is -0.493 e. The van der Waals surface area contributed by atoms with Crippen LogP contribution in [0.5, 0.6) is 11.5 Å². The van der Waals surface area contributed by atoms with E-state index in [2.05, 4.69) is 11.9 Å². The highest BCUT2D eigenvalue weighted by atomic mass is 16.5. The third kappa shape index (κ3) is 6.25. The maximum Gasteiger partial charge on any atom is 0.260 e. The summed E-state index contributed by atoms with van der Waals surface area (Å²) in [6, 6.07) is 21.9. The predicted molar refractivity (Wildman–Crippen MR) is 134 cm³/mol. The van der Waals surface area contributed by atoms with Crippen LogP contribution in [0, 0.1) is 0 Å². The first-order valence-electron chi connectivity index (χ1n) is 11.1. The predicted octanol–water partition coefficient (Wildman–Crippen LogP) is 5.27. The first-order valence-corrected chi connectivity index (χ1v) is 11.1. The maximum atomic E-state index is 12.8. The number of carbonyl (C=O) groups is 2. The van der Waals surface area contributed by atoms with Gasteiger partial charge in [0, 0.05) is 18.3 Å². The van der Waals surface area contributed by atoms with E-state index in [-0.39, 0.29) is 24.5 Å². The number of carbonyl (C=O) groups excluding carboxylic acids is 2. The molecule has 0 fully saturated rings. The minimum atomic E-state index is -0.221. The van der Waals surface area contributed by atoms with E-state index in [1.165, 1.54) is 0 Å². The van der Waals surface area contributed by atoms with Crippen molar-refractivity contribution in [2.24, 2.45) is 0 Å². The smallest absolute Gasteiger partial charge is 0.260 e. The largest absolute Gasteiger partial charge is 0.493 e. The molecule has 6 nitrogen and oxygen atoms in total. The number of nitrogens with zero attached hydrogens (tertiary/aromatic N) is 1. The van der Waals surface area contributed by atoms with Gasteiger partial charge in [-0.15, -0.1) is 6.58 Å². The molecule has 0 aliphatic heterocycles. The fourth-order valence-corrected chi connectivity index (χ4v) is 3.47. The lowest BCUT2D eigenvalue weighted by Crippen LogP contribution is -2.33. The topological polar surface area (TPSA) is 67.9 Å². The van der Waals surface area contributed by atoms with E-state index in [4.69, 9.17) is 9.47 Å². The molecule has 0 aromatic heterocycles. The monoisotopic (exact) mass is 458 g/mol. The summed E-state index contributed by atoms with van der Waals surface area (Å²) in [7, 11) is 3.30. The number of ether oxygens (including phenoxy) is 2. The van der Waals surface area contributed by atoms with E-state index < -0.39 is 0 Å². The van der Waals surface area contributed by atoms with E-state index in [1.807, 2.05) is 67.6 Å². The van der Waals surface area contributed by atoms with Gasteiger partial charge in [-0.05, 0) is 60.9 Å². The van der Waals surface area contributed by atoms with Crippen LogP contribution in [0.2, 0.25) is 0 Å². The Morgan fingerprint density at radius 1 is 1.03 bits per heavy atom. The molecule has 1 N–H and O–H groups in total. The fraction of sp³-hybridized carbons (Fsp3) is 0.214. The van der Waals surface area contributed by atoms with Gasteiger partial charge >= 0.3 is 0 Å². The van der Waals surface area contributed by atoms with Gasteiger partial charge < -0.3 is 19.7 Å². The fourth-order valence-electron chi connectivity index (χ4n) is 3.47. The van der Waals surface area contributed by atoms with Crippen LogP contribution in [-0.4, -0.2) is 37.5 Å². The van der Waals surface area contributed by atoms with Crippen LogP contribution in [-0.2, 0) is 11.2 Å². The van der Waals surface area contributed by atoms with Crippen molar-refractivity contribution in [1.29, 1.82) is 0 Å². The van der Waals surface area contributed by atoms with E-state index in [1.54, 1.807) is 37.3 Å². The van der Waals surface area contributed by atoms with E-state index in [0.29, 0.717) is 22.7 Å². The number of anilines is 1. The highest BCUT2D eigenvalue weighted by Gasteiger charge is 2.19. The van der Waals surface area contributed by atoms with Crippen LogP contribution >= 0.6 is 0 Å². The third-order valence-electron chi connectivity index (χ3n) is 5.60. The molecule has 0 saturated heterocycles. The lowest BCUT2D eigenvalue weighted by Gasteiger charge is -2.26. The summed E-state index contributed by atoms with van der Waals surface area (Å²) in [5.41, 5.74) is 3.20. The lowest BCUT2D eigenvalue weighted by molar-refractivity contribution is -0.134. The first kappa shape index (κ1) is 24.6. The molecule has 6 heteroatoms. The molecular weight excluding hydrogens is 428 g/mol. The van der Waals surface area contributed by atoms with Crippen molar-refractivity contribution in [2.45, 2.75) is 19.4 Å². The molecule has 0 bridgehead atoms. The standard InChI is InChI=1S/C28H30N2O4/c1-5-10-21-15-16-25(26(17-21)33-4)34-19-27(31)30(3)20(2)23-13-9-14-24(18-23)29-28(32)22-11-7-6-8-12-22/h5-9,11-18,20H,1,10,19H2,2-4H3,(H,29,32). The summed E-state index contributed by atoms with van der Waals surface area (Å²) in [6.45, 7) is 5.55. The molecule has 3 rings (SSSR count). The van der Waals surface area contributed by atoms with E-state index in [0.717, 1.165) is 17.5 Å². The first-order chi connectivity index (χ1) is 16.4. The molecule has 3 aromatic rings. The van der Waals surface area contributed by atoms with Crippen LogP contribution < -0.4 is 14.8 Å². The van der Waals surface area contributed by atoms with Crippen LogP contribution in [0.25, 0.3) is 0 Å². The third-order valence-corrected chi connectivity index (χ3v) is 5.60. The Bertz CT molecular complexity index is 1140. The van der Waals surface area contributed by atoms with Crippen molar-refractivity contribution in [1.82, 2.24) is 4.90 Å². The molecule has 2 amide bonds. The Morgan fingerprint density at radius 3 is 2.50 bits per heavy atom. The normalized spacial score (nSPS) is 11.3. The number of amides is 2. The van der Waals surface area contributed by atoms with Gasteiger partial charge in [-0.2, -0.15) is 0 Å². The summed E-state index contributed by atoms with van der Waals surface area (Å²) in [5, 5.41) is 2.91. The van der Waals surface area contributed by atoms with Gasteiger partial charge in [-0.1, -0.05) is 42.5 Å². The van der Waals surface area contributed by atoms with E-state index >= 15 is 0 Å². The van der Waals surface area contributed by atoms with Gasteiger partial charge in [0.25, 0.3) is 11.8 Å². The molecule has 0 radical (unpaired) electrons. The zero-order valence-corrected chi connectivity index (χ0v) is 19.8. The van der Waals surface area contributed by atoms with Gasteiger partial charge in [0.05, 0.1) is 13.2 Å². The van der Waals surface area contributed by atoms with Crippen molar-refractivity contribution in [2.75, 3.05) is 26.1 Å². The number of benzene rings is 3. The second-order valence-electron chi connectivity index (χ2n) is 7.89. The quantitative estimate of drug-likeness (QED) is 0.420. The summed E-state index contributed by atoms with van der Waals surface area (Å²) in [6.07, 6.45) is 2.54. The summed E-state index contributed by atoms with van der Waals surface area (Å²) < 4.78 is 11.2. The zero-order valence-electron chi connectivity index (χ0n) is 19.8. The van der Waals surface area contributed by atoms with Crippen molar-refractivity contribution in [3.8, 4) is 11.5 Å². The second kappa shape index (κ2) is 11.7. The second-order valence-corrected chi connectivity index (χ2v) is 7.89. The SMILES string of the molecule is C=CCc1ccc(OCC(=O)N(C)C(C)c2cccc(NC(=O)c3ccccc3)c2)c(OC)c1. The molecule has 3 aromatic carbocycles. The van der Waals surface area contributed by atoms with Crippen LogP contribution in [0.1, 0.15) is 34.5 Å². The zero-order chi connectivity index (χ0) is 24.5. The van der Waals surface area contributed by atoms with Gasteiger partial charge in [0.1, 0.15) is 0 Å². The van der Waals surface area contributed by atoms with Gasteiger partial charge in [0.15, 0.2) is 18.1 Å². The summed E-state index contributed by atoms with van der Waals surface area (Å²) >= 11 is 0. The number of likely N-dealkylation sites (N-methyl/N-ethyl adjacent to an activating group) is 1. The maximum absolute atomic E-state index is 12.8. The average Bonchev–Trinajstić information content (AvgIpc) is 2.87. The number of nitrogens with one attached hydrogen (secondary N) is 1. The summed E-state index contributed by atoms with van der Waals surface area (Å²) in [5.74, 6) is 0.722. The highest BCUT2D eigenvalue weighted by molar-refractivity contribution is 6.04. The number of rotatable bonds is 10. The number of methoxy groups -OCH3 is 1. The van der Waals surface area contributed by atoms with Gasteiger partial charge in [-0.3, -0.25) is 9.59 Å². The van der Waals surface area contributed by atoms with Crippen molar-refractivity contribution in [3.63, 3.8) is 0 Å². The molecule has 1 atom stereocenters. The molecular formula is C28H30N2O4. The van der Waals surface area contributed by atoms with Crippen LogP contribution in [0.4, 0.5) is 5.69 Å². The molecule has 0 saturated carbocycles. The van der Waals surface area contributed by atoms with E-state index in [9.17, 15) is 9.59 Å². The average molecular weight is 459 g/mol. The Morgan fingerprint density at radius 2 is 1.79 bits per heavy atom. The number of allylic oxidation sites excluding steroid dienone is 1. The lowest BCUT2D eigenvalue weighted by atomic mass is 10.1. The molecule has 0 spiro atoms. The molecule has 0 heterocycles. The molecule has 0 aliphatic carbocycles. The number of hydrogen-bond acceptors (Lipinski definition) is 4. The molecule has 176 valence electrons. The van der Waals surface area contributed by atoms with Crippen molar-refractivity contribution >= 4 is 17.5 Å². The summed E-state index contributed by atoms with van der Waals surface area (Å²) in [4.78, 5) is 26.9. The Balaban J connectivity index is 1.63. The molecule has 34 heavy (non-hydrogen) atoms. The highest BCUT2D eigenvalue weighted by Crippen LogP contribution is 2.29.